The van der Waals surface area contributed by atoms with Crippen molar-refractivity contribution in [3.8, 4) is 0 Å². The van der Waals surface area contributed by atoms with Crippen LogP contribution in [0.25, 0.3) is 0 Å². The predicted molar refractivity (Wildman–Crippen MR) is 159 cm³/mol. The molecule has 0 heterocycles. The Morgan fingerprint density at radius 2 is 1.82 bits per heavy atom. The van der Waals surface area contributed by atoms with Gasteiger partial charge >= 0.3 is 51.4 Å². The molecule has 0 spiro atoms. The van der Waals surface area contributed by atoms with Gasteiger partial charge in [-0.3, -0.25) is 22.8 Å². The summed E-state index contributed by atoms with van der Waals surface area (Å²) in [6.45, 7) is 15.6. The fourth-order valence-corrected chi connectivity index (χ4v) is 4.09. The van der Waals surface area contributed by atoms with Crippen LogP contribution in [0.4, 0.5) is 15.8 Å². The zero-order chi connectivity index (χ0) is 28.7. The van der Waals surface area contributed by atoms with Gasteiger partial charge in [0, 0.05) is 24.7 Å². The monoisotopic (exact) mass is 563 g/mol. The maximum absolute atomic E-state index is 14.0. The third kappa shape index (κ3) is 13.3. The predicted octanol–water partition coefficient (Wildman–Crippen LogP) is 4.31. The minimum Gasteiger partial charge on any atom is -0.396 e. The molecule has 1 aliphatic rings. The van der Waals surface area contributed by atoms with E-state index in [0.717, 1.165) is 67.6 Å². The maximum atomic E-state index is 14.0. The van der Waals surface area contributed by atoms with Gasteiger partial charge in [-0.1, -0.05) is 53.5 Å². The maximum Gasteiger partial charge on any atom is 1.00 e. The van der Waals surface area contributed by atoms with Crippen LogP contribution in [-0.4, -0.2) is 44.3 Å². The Kier molecular flexibility index (Phi) is 20.0. The first-order valence-corrected chi connectivity index (χ1v) is 13.8. The molecule has 3 rings (SSSR count). The van der Waals surface area contributed by atoms with Crippen LogP contribution in [0.2, 0.25) is 0 Å². The number of amides is 1. The van der Waals surface area contributed by atoms with Gasteiger partial charge in [-0.2, -0.15) is 18.9 Å². The van der Waals surface area contributed by atoms with Crippen molar-refractivity contribution in [2.75, 3.05) is 37.8 Å². The largest absolute Gasteiger partial charge is 1.00 e. The van der Waals surface area contributed by atoms with Crippen molar-refractivity contribution in [2.45, 2.75) is 72.6 Å². The average molecular weight is 564 g/mol. The van der Waals surface area contributed by atoms with Crippen LogP contribution in [0.5, 0.6) is 0 Å². The first kappa shape index (κ1) is 37.8. The second kappa shape index (κ2) is 20.6. The Hall–Kier alpha value is -1.22. The van der Waals surface area contributed by atoms with Crippen LogP contribution in [-0.2, 0) is 9.59 Å². The number of halogens is 1. The van der Waals surface area contributed by atoms with E-state index in [0.29, 0.717) is 11.3 Å². The molecule has 1 aliphatic carbocycles. The SMILES string of the molecule is CC.CCC(C)c1ccc(NC(=O)C2CC[CH-]CC2)cc1F.[CH2-]c1c(C)cc(NCCN(C)C)cc1[C-]=O.[K+]. The van der Waals surface area contributed by atoms with Gasteiger partial charge in [0.05, 0.1) is 0 Å². The Morgan fingerprint density at radius 3 is 2.36 bits per heavy atom. The molecule has 2 N–H and O–H groups in total. The molecule has 0 aliphatic heterocycles. The molecule has 1 fully saturated rings. The van der Waals surface area contributed by atoms with Crippen LogP contribution in [0, 0.1) is 32.0 Å². The summed E-state index contributed by atoms with van der Waals surface area (Å²) < 4.78 is 14.0. The molecule has 212 valence electrons. The van der Waals surface area contributed by atoms with Gasteiger partial charge in [0.2, 0.25) is 5.91 Å². The zero-order valence-electron chi connectivity index (χ0n) is 25.4. The summed E-state index contributed by atoms with van der Waals surface area (Å²) in [6.07, 6.45) is 8.85. The number of nitrogens with one attached hydrogen (secondary N) is 2. The molecule has 1 unspecified atom stereocenters. The Labute approximate surface area is 279 Å². The van der Waals surface area contributed by atoms with Gasteiger partial charge in [-0.15, -0.1) is 6.07 Å². The van der Waals surface area contributed by atoms with E-state index >= 15 is 0 Å². The molecule has 39 heavy (non-hydrogen) atoms. The minimum absolute atomic E-state index is 0. The molecule has 1 saturated carbocycles. The fourth-order valence-electron chi connectivity index (χ4n) is 4.09. The van der Waals surface area contributed by atoms with Crippen LogP contribution >= 0.6 is 0 Å². The fraction of sp³-hybridized carbons (Fsp3) is 0.500. The quantitative estimate of drug-likeness (QED) is 0.353. The van der Waals surface area contributed by atoms with Crippen molar-refractivity contribution >= 4 is 23.6 Å². The number of hydrogen-bond donors (Lipinski definition) is 2. The summed E-state index contributed by atoms with van der Waals surface area (Å²) in [5.41, 5.74) is 4.53. The summed E-state index contributed by atoms with van der Waals surface area (Å²) >= 11 is 0. The van der Waals surface area contributed by atoms with Gasteiger partial charge < -0.3 is 26.7 Å². The van der Waals surface area contributed by atoms with E-state index in [2.05, 4.69) is 28.9 Å². The van der Waals surface area contributed by atoms with Crippen LogP contribution < -0.4 is 62.0 Å². The number of hydrogen-bond acceptors (Lipinski definition) is 4. The molecule has 0 aromatic heterocycles. The zero-order valence-corrected chi connectivity index (χ0v) is 28.5. The smallest absolute Gasteiger partial charge is 0.396 e. The molecule has 1 amide bonds. The van der Waals surface area contributed by atoms with E-state index in [1.165, 1.54) is 6.07 Å². The Bertz CT molecular complexity index is 1010. The van der Waals surface area contributed by atoms with Gasteiger partial charge in [0.15, 0.2) is 0 Å². The van der Waals surface area contributed by atoms with E-state index in [1.54, 1.807) is 18.2 Å². The summed E-state index contributed by atoms with van der Waals surface area (Å²) in [7, 11) is 4.05. The standard InChI is InChI=1S/C17H23FNO.C13H18N2O.C2H6.K/c1-3-12(2)15-10-9-14(11-16(15)18)19-17(20)13-7-5-4-6-8-13;1-10-7-13(14-5-6-15(3)4)8-12(9-16)11(10)2;1-2;/h4,9-13H,3,5-8H2,1-2H3,(H,19,20);7-8,14H,2,5-6H2,1,3-4H3;1-2H3;/q-1;-2;;+1. The number of likely N-dealkylation sites (N-methyl/N-ethyl adjacent to an activating group) is 1. The third-order valence-corrected chi connectivity index (χ3v) is 6.69. The first-order valence-electron chi connectivity index (χ1n) is 13.8. The number of nitrogens with zero attached hydrogens (tertiary/aromatic N) is 1. The van der Waals surface area contributed by atoms with E-state index in [4.69, 9.17) is 0 Å². The summed E-state index contributed by atoms with van der Waals surface area (Å²) in [6, 6.07) is 8.82. The van der Waals surface area contributed by atoms with Crippen LogP contribution in [0.3, 0.4) is 0 Å². The Morgan fingerprint density at radius 1 is 1.18 bits per heavy atom. The topological polar surface area (TPSA) is 61.4 Å². The van der Waals surface area contributed by atoms with Crippen molar-refractivity contribution < 1.29 is 65.4 Å². The van der Waals surface area contributed by atoms with Gasteiger partial charge in [0.1, 0.15) is 5.82 Å². The van der Waals surface area contributed by atoms with Gasteiger partial charge in [-0.25, -0.2) is 9.95 Å². The number of carbonyl (C=O) groups is 1. The van der Waals surface area contributed by atoms with Gasteiger partial charge in [-0.05, 0) is 56.1 Å². The molecular formula is C32H47FKN3O2-2. The average Bonchev–Trinajstić information content (AvgIpc) is 2.92. The number of carbonyl (C=O) groups excluding carboxylic acids is 2. The van der Waals surface area contributed by atoms with Crippen molar-refractivity contribution in [3.05, 3.63) is 71.7 Å². The number of benzene rings is 2. The minimum atomic E-state index is -0.228. The van der Waals surface area contributed by atoms with E-state index < -0.39 is 0 Å². The second-order valence-electron chi connectivity index (χ2n) is 9.83. The molecule has 5 nitrogen and oxygen atoms in total. The van der Waals surface area contributed by atoms with Crippen LogP contribution in [0.1, 0.15) is 88.0 Å². The molecule has 2 aromatic carbocycles. The van der Waals surface area contributed by atoms with E-state index in [-0.39, 0.29) is 74.9 Å². The van der Waals surface area contributed by atoms with Gasteiger partial charge in [0.25, 0.3) is 0 Å². The van der Waals surface area contributed by atoms with Crippen molar-refractivity contribution in [1.82, 2.24) is 4.90 Å². The molecule has 7 heteroatoms. The number of rotatable bonds is 9. The molecule has 0 radical (unpaired) electrons. The summed E-state index contributed by atoms with van der Waals surface area (Å²) in [5.74, 6) is 0.0638. The normalized spacial score (nSPS) is 13.6. The van der Waals surface area contributed by atoms with E-state index in [1.807, 2.05) is 61.1 Å². The molecule has 2 aromatic rings. The molecular weight excluding hydrogens is 516 g/mol. The van der Waals surface area contributed by atoms with Crippen molar-refractivity contribution in [1.29, 1.82) is 0 Å². The summed E-state index contributed by atoms with van der Waals surface area (Å²) in [4.78, 5) is 24.9. The molecule has 1 atom stereocenters. The first-order chi connectivity index (χ1) is 18.2. The van der Waals surface area contributed by atoms with Crippen molar-refractivity contribution in [2.24, 2.45) is 5.92 Å². The number of aryl methyl sites for hydroxylation is 1. The molecule has 0 bridgehead atoms. The van der Waals surface area contributed by atoms with Crippen molar-refractivity contribution in [3.63, 3.8) is 0 Å². The van der Waals surface area contributed by atoms with E-state index in [9.17, 15) is 14.0 Å². The summed E-state index contributed by atoms with van der Waals surface area (Å²) in [5, 5.41) is 6.11. The second-order valence-corrected chi connectivity index (χ2v) is 9.83. The third-order valence-electron chi connectivity index (χ3n) is 6.69. The number of anilines is 2. The Balaban J connectivity index is 0.000000695. The molecule has 0 saturated heterocycles. The van der Waals surface area contributed by atoms with Crippen LogP contribution in [0.15, 0.2) is 30.3 Å².